The number of para-hydroxylation sites is 1. The van der Waals surface area contributed by atoms with Crippen LogP contribution in [-0.2, 0) is 6.54 Å². The second kappa shape index (κ2) is 5.49. The first-order valence-corrected chi connectivity index (χ1v) is 6.66. The first-order valence-electron chi connectivity index (χ1n) is 6.28. The number of fused-ring (bicyclic) bond motifs is 1. The molecule has 3 nitrogen and oxygen atoms in total. The average Bonchev–Trinajstić information content (AvgIpc) is 2.47. The quantitative estimate of drug-likeness (QED) is 0.786. The molecule has 0 fully saturated rings. The lowest BCUT2D eigenvalue weighted by Crippen LogP contribution is -1.97. The molecule has 0 bridgehead atoms. The maximum absolute atomic E-state index is 6.11. The minimum atomic E-state index is 0.410. The van der Waals surface area contributed by atoms with Crippen molar-refractivity contribution in [3.05, 3.63) is 65.2 Å². The van der Waals surface area contributed by atoms with E-state index >= 15 is 0 Å². The van der Waals surface area contributed by atoms with E-state index in [0.717, 1.165) is 16.5 Å². The number of hydrogen-bond donors (Lipinski definition) is 1. The van der Waals surface area contributed by atoms with E-state index in [9.17, 15) is 0 Å². The fourth-order valence-corrected chi connectivity index (χ4v) is 2.23. The van der Waals surface area contributed by atoms with E-state index in [0.29, 0.717) is 23.2 Å². The van der Waals surface area contributed by atoms with E-state index in [2.05, 4.69) is 4.98 Å². The van der Waals surface area contributed by atoms with Crippen LogP contribution in [0.5, 0.6) is 11.6 Å². The van der Waals surface area contributed by atoms with Crippen LogP contribution in [0.25, 0.3) is 10.9 Å². The van der Waals surface area contributed by atoms with Gasteiger partial charge in [-0.25, -0.2) is 4.98 Å². The summed E-state index contributed by atoms with van der Waals surface area (Å²) >= 11 is 6.11. The Labute approximate surface area is 122 Å². The Morgan fingerprint density at radius 2 is 1.90 bits per heavy atom. The summed E-state index contributed by atoms with van der Waals surface area (Å²) in [6.45, 7) is 0.410. The highest BCUT2D eigenvalue weighted by Crippen LogP contribution is 2.26. The zero-order valence-corrected chi connectivity index (χ0v) is 11.5. The number of nitrogens with zero attached hydrogens (tertiary/aromatic N) is 1. The van der Waals surface area contributed by atoms with Gasteiger partial charge in [0.1, 0.15) is 5.75 Å². The molecule has 0 amide bonds. The molecule has 0 saturated heterocycles. The molecule has 0 aliphatic carbocycles. The third-order valence-electron chi connectivity index (χ3n) is 3.04. The summed E-state index contributed by atoms with van der Waals surface area (Å²) in [6, 6.07) is 17.2. The van der Waals surface area contributed by atoms with Gasteiger partial charge in [0.2, 0.25) is 5.88 Å². The van der Waals surface area contributed by atoms with Crippen molar-refractivity contribution in [1.29, 1.82) is 0 Å². The van der Waals surface area contributed by atoms with Crippen molar-refractivity contribution in [1.82, 2.24) is 4.98 Å². The first kappa shape index (κ1) is 12.9. The molecule has 0 saturated carbocycles. The highest BCUT2D eigenvalue weighted by atomic mass is 35.5. The molecule has 20 heavy (non-hydrogen) atoms. The van der Waals surface area contributed by atoms with Crippen molar-refractivity contribution in [3.8, 4) is 11.6 Å². The van der Waals surface area contributed by atoms with Gasteiger partial charge in [-0.15, -0.1) is 0 Å². The normalized spacial score (nSPS) is 10.7. The van der Waals surface area contributed by atoms with Crippen molar-refractivity contribution in [2.45, 2.75) is 6.54 Å². The lowest BCUT2D eigenvalue weighted by molar-refractivity contribution is 0.465. The van der Waals surface area contributed by atoms with Gasteiger partial charge in [0.25, 0.3) is 0 Å². The Kier molecular flexibility index (Phi) is 3.54. The molecule has 1 aromatic heterocycles. The summed E-state index contributed by atoms with van der Waals surface area (Å²) in [5.41, 5.74) is 7.37. The molecular formula is C16H13ClN2O. The van der Waals surface area contributed by atoms with Crippen molar-refractivity contribution < 1.29 is 4.74 Å². The van der Waals surface area contributed by atoms with Crippen LogP contribution in [0.15, 0.2) is 54.6 Å². The maximum atomic E-state index is 6.11. The topological polar surface area (TPSA) is 48.1 Å². The zero-order chi connectivity index (χ0) is 13.9. The van der Waals surface area contributed by atoms with Crippen LogP contribution in [0.2, 0.25) is 5.02 Å². The van der Waals surface area contributed by atoms with Crippen LogP contribution < -0.4 is 10.5 Å². The molecule has 0 unspecified atom stereocenters. The molecule has 1 heterocycles. The predicted octanol–water partition coefficient (Wildman–Crippen LogP) is 4.14. The average molecular weight is 285 g/mol. The summed E-state index contributed by atoms with van der Waals surface area (Å²) in [5.74, 6) is 1.19. The Hall–Kier alpha value is -2.10. The van der Waals surface area contributed by atoms with E-state index in [4.69, 9.17) is 22.1 Å². The van der Waals surface area contributed by atoms with Gasteiger partial charge >= 0.3 is 0 Å². The van der Waals surface area contributed by atoms with Crippen LogP contribution in [0, 0.1) is 0 Å². The Balaban J connectivity index is 1.90. The van der Waals surface area contributed by atoms with Crippen molar-refractivity contribution in [2.24, 2.45) is 5.73 Å². The van der Waals surface area contributed by atoms with Crippen LogP contribution in [0.3, 0.4) is 0 Å². The first-order chi connectivity index (χ1) is 9.76. The summed E-state index contributed by atoms with van der Waals surface area (Å²) < 4.78 is 5.73. The van der Waals surface area contributed by atoms with Crippen molar-refractivity contribution in [3.63, 3.8) is 0 Å². The second-order valence-corrected chi connectivity index (χ2v) is 4.81. The highest BCUT2D eigenvalue weighted by molar-refractivity contribution is 6.31. The zero-order valence-electron chi connectivity index (χ0n) is 10.7. The number of benzene rings is 2. The van der Waals surface area contributed by atoms with Gasteiger partial charge < -0.3 is 10.5 Å². The SMILES string of the molecule is NCc1ccc(Oc2ccc3ccccc3n2)cc1Cl. The Morgan fingerprint density at radius 3 is 2.70 bits per heavy atom. The monoisotopic (exact) mass is 284 g/mol. The van der Waals surface area contributed by atoms with E-state index < -0.39 is 0 Å². The standard InChI is InChI=1S/C16H13ClN2O/c17-14-9-13(7-5-12(14)10-18)20-16-8-6-11-3-1-2-4-15(11)19-16/h1-9H,10,18H2. The van der Waals surface area contributed by atoms with Gasteiger partial charge in [-0.2, -0.15) is 0 Å². The van der Waals surface area contributed by atoms with Gasteiger partial charge in [0.05, 0.1) is 5.52 Å². The molecule has 3 aromatic rings. The number of halogens is 1. The minimum Gasteiger partial charge on any atom is -0.439 e. The van der Waals surface area contributed by atoms with E-state index in [1.165, 1.54) is 0 Å². The smallest absolute Gasteiger partial charge is 0.219 e. The van der Waals surface area contributed by atoms with Crippen LogP contribution in [0.4, 0.5) is 0 Å². The number of rotatable bonds is 3. The molecule has 0 aliphatic heterocycles. The summed E-state index contributed by atoms with van der Waals surface area (Å²) in [4.78, 5) is 4.45. The number of ether oxygens (including phenoxy) is 1. The third kappa shape index (κ3) is 2.59. The molecule has 0 atom stereocenters. The third-order valence-corrected chi connectivity index (χ3v) is 3.39. The van der Waals surface area contributed by atoms with E-state index in [1.807, 2.05) is 48.5 Å². The summed E-state index contributed by atoms with van der Waals surface area (Å²) in [5, 5.41) is 1.68. The number of nitrogens with two attached hydrogens (primary N) is 1. The van der Waals surface area contributed by atoms with Crippen LogP contribution >= 0.6 is 11.6 Å². The molecule has 100 valence electrons. The van der Waals surface area contributed by atoms with Gasteiger partial charge in [-0.3, -0.25) is 0 Å². The highest BCUT2D eigenvalue weighted by Gasteiger charge is 2.04. The molecule has 0 spiro atoms. The fraction of sp³-hybridized carbons (Fsp3) is 0.0625. The maximum Gasteiger partial charge on any atom is 0.219 e. The summed E-state index contributed by atoms with van der Waals surface area (Å²) in [7, 11) is 0. The molecular weight excluding hydrogens is 272 g/mol. The lowest BCUT2D eigenvalue weighted by Gasteiger charge is -2.08. The van der Waals surface area contributed by atoms with Gasteiger partial charge in [-0.1, -0.05) is 35.9 Å². The Morgan fingerprint density at radius 1 is 1.05 bits per heavy atom. The van der Waals surface area contributed by atoms with Crippen molar-refractivity contribution >= 4 is 22.5 Å². The predicted molar refractivity (Wildman–Crippen MR) is 81.2 cm³/mol. The van der Waals surface area contributed by atoms with Crippen LogP contribution in [-0.4, -0.2) is 4.98 Å². The largest absolute Gasteiger partial charge is 0.439 e. The number of aromatic nitrogens is 1. The summed E-state index contributed by atoms with van der Waals surface area (Å²) in [6.07, 6.45) is 0. The minimum absolute atomic E-state index is 0.410. The van der Waals surface area contributed by atoms with E-state index in [-0.39, 0.29) is 0 Å². The number of pyridine rings is 1. The lowest BCUT2D eigenvalue weighted by atomic mass is 10.2. The molecule has 0 aliphatic rings. The fourth-order valence-electron chi connectivity index (χ4n) is 1.98. The number of hydrogen-bond acceptors (Lipinski definition) is 3. The molecule has 4 heteroatoms. The molecule has 2 aromatic carbocycles. The van der Waals surface area contributed by atoms with Crippen LogP contribution in [0.1, 0.15) is 5.56 Å². The van der Waals surface area contributed by atoms with Gasteiger partial charge in [0, 0.05) is 23.0 Å². The second-order valence-electron chi connectivity index (χ2n) is 4.40. The molecule has 2 N–H and O–H groups in total. The van der Waals surface area contributed by atoms with Gasteiger partial charge in [-0.05, 0) is 29.8 Å². The van der Waals surface area contributed by atoms with Crippen molar-refractivity contribution in [2.75, 3.05) is 0 Å². The van der Waals surface area contributed by atoms with E-state index in [1.54, 1.807) is 6.07 Å². The molecule has 0 radical (unpaired) electrons. The molecule has 3 rings (SSSR count). The van der Waals surface area contributed by atoms with Gasteiger partial charge in [0.15, 0.2) is 0 Å². The Bertz CT molecular complexity index is 758.